The number of hydrogen-bond acceptors (Lipinski definition) is 6. The van der Waals surface area contributed by atoms with Crippen molar-refractivity contribution in [2.75, 3.05) is 30.0 Å². The first-order chi connectivity index (χ1) is 14.1. The summed E-state index contributed by atoms with van der Waals surface area (Å²) < 4.78 is 0. The Morgan fingerprint density at radius 2 is 1.62 bits per heavy atom. The van der Waals surface area contributed by atoms with E-state index in [2.05, 4.69) is 28.8 Å². The van der Waals surface area contributed by atoms with Gasteiger partial charge in [-0.3, -0.25) is 0 Å². The van der Waals surface area contributed by atoms with Gasteiger partial charge in [0.2, 0.25) is 5.95 Å². The molecule has 2 aromatic carbocycles. The topological polar surface area (TPSA) is 79.1 Å². The molecule has 0 radical (unpaired) electrons. The molecule has 1 aromatic heterocycles. The summed E-state index contributed by atoms with van der Waals surface area (Å²) in [7, 11) is 4.05. The maximum absolute atomic E-state index is 5.76. The molecule has 4 rings (SSSR count). The van der Waals surface area contributed by atoms with Gasteiger partial charge in [-0.1, -0.05) is 24.3 Å². The van der Waals surface area contributed by atoms with Crippen LogP contribution in [0.4, 0.5) is 17.5 Å². The van der Waals surface area contributed by atoms with E-state index in [4.69, 9.17) is 15.7 Å². The number of benzene rings is 2. The predicted molar refractivity (Wildman–Crippen MR) is 121 cm³/mol. The largest absolute Gasteiger partial charge is 0.399 e. The number of nitrogens with zero attached hydrogens (tertiary/aromatic N) is 3. The quantitative estimate of drug-likeness (QED) is 0.556. The monoisotopic (exact) mass is 390 g/mol. The number of para-hydroxylation sites is 1. The summed E-state index contributed by atoms with van der Waals surface area (Å²) in [5.74, 6) is 1.68. The average Bonchev–Trinajstić information content (AvgIpc) is 2.74. The number of rotatable bonds is 6. The highest BCUT2D eigenvalue weighted by molar-refractivity contribution is 5.90. The Balaban J connectivity index is 1.34. The van der Waals surface area contributed by atoms with E-state index in [-0.39, 0.29) is 0 Å². The molecular formula is C23H30N6. The minimum atomic E-state index is 0.417. The van der Waals surface area contributed by atoms with E-state index in [9.17, 15) is 0 Å². The molecule has 0 unspecified atom stereocenters. The molecule has 0 bridgehead atoms. The lowest BCUT2D eigenvalue weighted by Gasteiger charge is -2.30. The smallest absolute Gasteiger partial charge is 0.225 e. The molecule has 152 valence electrons. The van der Waals surface area contributed by atoms with Crippen LogP contribution in [-0.2, 0) is 6.54 Å². The molecule has 3 aromatic rings. The molecule has 0 atom stereocenters. The summed E-state index contributed by atoms with van der Waals surface area (Å²) in [4.78, 5) is 11.6. The van der Waals surface area contributed by atoms with Gasteiger partial charge in [0, 0.05) is 43.8 Å². The lowest BCUT2D eigenvalue weighted by Crippen LogP contribution is -2.37. The van der Waals surface area contributed by atoms with E-state index in [0.29, 0.717) is 12.1 Å². The summed E-state index contributed by atoms with van der Waals surface area (Å²) in [5.41, 5.74) is 8.83. The molecule has 6 heteroatoms. The van der Waals surface area contributed by atoms with E-state index < -0.39 is 0 Å². The van der Waals surface area contributed by atoms with Crippen LogP contribution in [0.3, 0.4) is 0 Å². The number of anilines is 3. The van der Waals surface area contributed by atoms with Crippen molar-refractivity contribution in [1.82, 2.24) is 15.3 Å². The zero-order valence-electron chi connectivity index (χ0n) is 17.2. The zero-order chi connectivity index (χ0) is 20.2. The number of hydrogen-bond donors (Lipinski definition) is 3. The van der Waals surface area contributed by atoms with Crippen LogP contribution >= 0.6 is 0 Å². The van der Waals surface area contributed by atoms with Gasteiger partial charge in [0.25, 0.3) is 0 Å². The van der Waals surface area contributed by atoms with Gasteiger partial charge in [0.15, 0.2) is 0 Å². The number of fused-ring (bicyclic) bond motifs is 1. The third-order valence-electron chi connectivity index (χ3n) is 5.64. The van der Waals surface area contributed by atoms with Crippen LogP contribution in [-0.4, -0.2) is 36.1 Å². The maximum atomic E-state index is 5.76. The van der Waals surface area contributed by atoms with Crippen LogP contribution in [0.1, 0.15) is 31.2 Å². The van der Waals surface area contributed by atoms with Crippen molar-refractivity contribution in [3.05, 3.63) is 54.1 Å². The molecule has 1 aliphatic carbocycles. The summed E-state index contributed by atoms with van der Waals surface area (Å²) >= 11 is 0. The van der Waals surface area contributed by atoms with Crippen molar-refractivity contribution in [2.24, 2.45) is 0 Å². The normalized spacial score (nSPS) is 19.2. The summed E-state index contributed by atoms with van der Waals surface area (Å²) in [6.07, 6.45) is 4.54. The fraction of sp³-hybridized carbons (Fsp3) is 0.391. The third kappa shape index (κ3) is 4.77. The second-order valence-electron chi connectivity index (χ2n) is 8.10. The van der Waals surface area contributed by atoms with Gasteiger partial charge in [0.05, 0.1) is 5.52 Å². The second kappa shape index (κ2) is 8.66. The van der Waals surface area contributed by atoms with Gasteiger partial charge < -0.3 is 21.3 Å². The summed E-state index contributed by atoms with van der Waals surface area (Å²) in [6.45, 7) is 0.892. The molecule has 1 heterocycles. The lowest BCUT2D eigenvalue weighted by atomic mass is 9.91. The Labute approximate surface area is 172 Å². The molecule has 4 N–H and O–H groups in total. The SMILES string of the molecule is CN(C)c1nc(N[C@H]2CC[C@@H](NCc3ccc(N)cc3)CC2)nc2ccccc12. The van der Waals surface area contributed by atoms with Gasteiger partial charge >= 0.3 is 0 Å². The molecule has 1 fully saturated rings. The molecule has 0 aliphatic heterocycles. The Morgan fingerprint density at radius 1 is 0.931 bits per heavy atom. The Hall–Kier alpha value is -2.86. The maximum Gasteiger partial charge on any atom is 0.225 e. The lowest BCUT2D eigenvalue weighted by molar-refractivity contribution is 0.352. The van der Waals surface area contributed by atoms with Crippen LogP contribution in [0, 0.1) is 0 Å². The molecule has 0 amide bonds. The van der Waals surface area contributed by atoms with Crippen molar-refractivity contribution < 1.29 is 0 Å². The fourth-order valence-corrected chi connectivity index (χ4v) is 3.99. The van der Waals surface area contributed by atoms with Crippen LogP contribution in [0.2, 0.25) is 0 Å². The van der Waals surface area contributed by atoms with E-state index in [1.165, 1.54) is 5.56 Å². The minimum absolute atomic E-state index is 0.417. The Kier molecular flexibility index (Phi) is 5.81. The highest BCUT2D eigenvalue weighted by atomic mass is 15.2. The van der Waals surface area contributed by atoms with E-state index >= 15 is 0 Å². The second-order valence-corrected chi connectivity index (χ2v) is 8.10. The van der Waals surface area contributed by atoms with E-state index in [0.717, 1.165) is 60.6 Å². The number of aromatic nitrogens is 2. The highest BCUT2D eigenvalue weighted by Gasteiger charge is 2.22. The third-order valence-corrected chi connectivity index (χ3v) is 5.64. The first-order valence-corrected chi connectivity index (χ1v) is 10.4. The molecule has 0 saturated heterocycles. The molecular weight excluding hydrogens is 360 g/mol. The zero-order valence-corrected chi connectivity index (χ0v) is 17.2. The fourth-order valence-electron chi connectivity index (χ4n) is 3.99. The average molecular weight is 391 g/mol. The first kappa shape index (κ1) is 19.5. The molecule has 6 nitrogen and oxygen atoms in total. The van der Waals surface area contributed by atoms with Crippen LogP contribution in [0.15, 0.2) is 48.5 Å². The van der Waals surface area contributed by atoms with Crippen molar-refractivity contribution >= 4 is 28.4 Å². The van der Waals surface area contributed by atoms with Crippen molar-refractivity contribution in [3.8, 4) is 0 Å². The Bertz CT molecular complexity index is 945. The van der Waals surface area contributed by atoms with E-state index in [1.54, 1.807) is 0 Å². The summed E-state index contributed by atoms with van der Waals surface area (Å²) in [5, 5.41) is 8.34. The minimum Gasteiger partial charge on any atom is -0.399 e. The Morgan fingerprint density at radius 3 is 2.34 bits per heavy atom. The van der Waals surface area contributed by atoms with Crippen molar-refractivity contribution in [1.29, 1.82) is 0 Å². The van der Waals surface area contributed by atoms with Crippen LogP contribution in [0.5, 0.6) is 0 Å². The highest BCUT2D eigenvalue weighted by Crippen LogP contribution is 2.26. The van der Waals surface area contributed by atoms with Gasteiger partial charge in [-0.25, -0.2) is 4.98 Å². The van der Waals surface area contributed by atoms with Gasteiger partial charge in [-0.2, -0.15) is 4.98 Å². The predicted octanol–water partition coefficient (Wildman–Crippen LogP) is 3.79. The molecule has 29 heavy (non-hydrogen) atoms. The van der Waals surface area contributed by atoms with Gasteiger partial charge in [-0.15, -0.1) is 0 Å². The standard InChI is InChI=1S/C23H30N6/c1-29(2)22-20-5-3-4-6-21(20)27-23(28-22)26-19-13-11-18(12-14-19)25-15-16-7-9-17(24)10-8-16/h3-10,18-19,25H,11-15,24H2,1-2H3,(H,26,27,28)/t18-,19+. The number of nitrogens with one attached hydrogen (secondary N) is 2. The van der Waals surface area contributed by atoms with E-state index in [1.807, 2.05) is 49.3 Å². The molecule has 0 spiro atoms. The van der Waals surface area contributed by atoms with Crippen LogP contribution < -0.4 is 21.3 Å². The van der Waals surface area contributed by atoms with Crippen molar-refractivity contribution in [3.63, 3.8) is 0 Å². The van der Waals surface area contributed by atoms with Crippen LogP contribution in [0.25, 0.3) is 10.9 Å². The van der Waals surface area contributed by atoms with Gasteiger partial charge in [0.1, 0.15) is 5.82 Å². The van der Waals surface area contributed by atoms with Gasteiger partial charge in [-0.05, 0) is 55.5 Å². The number of nitrogen functional groups attached to an aromatic ring is 1. The molecule has 1 saturated carbocycles. The summed E-state index contributed by atoms with van der Waals surface area (Å²) in [6, 6.07) is 17.3. The first-order valence-electron chi connectivity index (χ1n) is 10.4. The number of nitrogens with two attached hydrogens (primary N) is 1. The molecule has 1 aliphatic rings. The van der Waals surface area contributed by atoms with Crippen molar-refractivity contribution in [2.45, 2.75) is 44.3 Å².